The van der Waals surface area contributed by atoms with Crippen molar-refractivity contribution in [1.29, 1.82) is 0 Å². The normalized spacial score (nSPS) is 22.3. The largest absolute Gasteiger partial charge is 0.294 e. The summed E-state index contributed by atoms with van der Waals surface area (Å²) in [4.78, 5) is 19.8. The molecule has 0 radical (unpaired) electrons. The fourth-order valence-electron chi connectivity index (χ4n) is 4.26. The molecular formula is C25H28N6O. The zero-order valence-electron chi connectivity index (χ0n) is 22.0. The molecule has 0 saturated heterocycles. The molecule has 1 N–H and O–H groups in total. The van der Waals surface area contributed by atoms with Crippen LogP contribution in [0, 0.1) is 0 Å². The molecule has 1 amide bonds. The van der Waals surface area contributed by atoms with Crippen LogP contribution in [0.1, 0.15) is 62.8 Å². The van der Waals surface area contributed by atoms with E-state index in [-0.39, 0.29) is 19.4 Å². The molecule has 2 aliphatic rings. The van der Waals surface area contributed by atoms with Gasteiger partial charge in [-0.05, 0) is 41.1 Å². The molecule has 32 heavy (non-hydrogen) atoms. The van der Waals surface area contributed by atoms with Crippen LogP contribution in [-0.4, -0.2) is 42.8 Å². The lowest BCUT2D eigenvalue weighted by Crippen LogP contribution is -2.40. The van der Waals surface area contributed by atoms with Gasteiger partial charge in [-0.15, -0.1) is 10.2 Å². The van der Waals surface area contributed by atoms with Gasteiger partial charge >= 0.3 is 0 Å². The number of unbranched alkanes of at least 4 members (excludes halogenated alkanes) is 1. The first-order valence-corrected chi connectivity index (χ1v) is 11.0. The van der Waals surface area contributed by atoms with E-state index in [1.54, 1.807) is 0 Å². The van der Waals surface area contributed by atoms with Crippen LogP contribution in [0.3, 0.4) is 0 Å². The predicted molar refractivity (Wildman–Crippen MR) is 124 cm³/mol. The maximum absolute atomic E-state index is 13.7. The molecular weight excluding hydrogens is 401 g/mol. The fraction of sp³-hybridized carbons (Fsp3) is 0.400. The molecule has 1 aliphatic carbocycles. The van der Waals surface area contributed by atoms with Gasteiger partial charge in [-0.25, -0.2) is 0 Å². The van der Waals surface area contributed by atoms with Crippen molar-refractivity contribution in [2.24, 2.45) is 4.99 Å². The molecule has 0 atom stereocenters. The number of hydrogen-bond acceptors (Lipinski definition) is 5. The molecule has 7 nitrogen and oxygen atoms in total. The molecule has 0 unspecified atom stereocenters. The lowest BCUT2D eigenvalue weighted by atomic mass is 9.98. The number of aromatic amines is 1. The van der Waals surface area contributed by atoms with E-state index in [1.165, 1.54) is 4.90 Å². The molecule has 3 aromatic rings. The Morgan fingerprint density at radius 2 is 1.84 bits per heavy atom. The Balaban J connectivity index is 1.45. The molecule has 1 aromatic heterocycles. The number of amidine groups is 1. The number of rotatable bonds is 7. The number of amides is 1. The maximum atomic E-state index is 13.7. The van der Waals surface area contributed by atoms with Crippen molar-refractivity contribution in [3.05, 3.63) is 54.1 Å². The summed E-state index contributed by atoms with van der Waals surface area (Å²) in [5.74, 6) is 0.398. The van der Waals surface area contributed by atoms with Gasteiger partial charge in [0.05, 0.1) is 6.54 Å². The van der Waals surface area contributed by atoms with E-state index in [0.717, 1.165) is 35.1 Å². The monoisotopic (exact) mass is 433 g/mol. The van der Waals surface area contributed by atoms with Gasteiger partial charge in [0.1, 0.15) is 11.4 Å². The van der Waals surface area contributed by atoms with Crippen LogP contribution >= 0.6 is 0 Å². The third-order valence-corrected chi connectivity index (χ3v) is 5.92. The van der Waals surface area contributed by atoms with Gasteiger partial charge in [-0.1, -0.05) is 74.7 Å². The third kappa shape index (κ3) is 3.72. The molecule has 0 bridgehead atoms. The average Bonchev–Trinajstić information content (AvgIpc) is 3.54. The Labute approximate surface area is 193 Å². The van der Waals surface area contributed by atoms with Crippen molar-refractivity contribution >= 4 is 11.7 Å². The summed E-state index contributed by atoms with van der Waals surface area (Å²) in [5, 5.41) is 14.3. The van der Waals surface area contributed by atoms with Crippen LogP contribution in [0.4, 0.5) is 0 Å². The summed E-state index contributed by atoms with van der Waals surface area (Å²) in [6.45, 7) is 2.25. The van der Waals surface area contributed by atoms with Gasteiger partial charge in [0.2, 0.25) is 5.82 Å². The van der Waals surface area contributed by atoms with Crippen LogP contribution in [0.2, 0.25) is 0 Å². The van der Waals surface area contributed by atoms with Crippen molar-refractivity contribution in [2.45, 2.75) is 63.9 Å². The number of aliphatic imine (C=N–C) groups is 1. The Bertz CT molecular complexity index is 1270. The number of tetrazole rings is 1. The average molecular weight is 434 g/mol. The first-order chi connectivity index (χ1) is 17.2. The standard InChI is InChI=1S/C25H28N6O/c1-2-3-10-22-26-25(15-6-7-16-25)24(32)31(22)17-18-11-13-19(14-12-18)20-8-4-5-9-21(20)23-27-29-30-28-23/h4-5,8-9,11-14H,2-3,6-7,10,15-17H2,1H3,(H,27,28,29,30)/i15D2,16D2,24+1. The van der Waals surface area contributed by atoms with Gasteiger partial charge in [0.15, 0.2) is 0 Å². The van der Waals surface area contributed by atoms with Gasteiger partial charge in [0.25, 0.3) is 5.91 Å². The number of benzene rings is 2. The quantitative estimate of drug-likeness (QED) is 0.543. The second-order valence-corrected chi connectivity index (χ2v) is 8.06. The SMILES string of the molecule is [2H]C1([2H])CCC([2H])([2H])C12N=C(CCCC)N(Cc1ccc(-c3ccccc3-c3nn[nH]n3)cc1)[13C]2=O. The van der Waals surface area contributed by atoms with Crippen molar-refractivity contribution in [3.8, 4) is 22.5 Å². The van der Waals surface area contributed by atoms with E-state index >= 15 is 0 Å². The number of H-pyrrole nitrogens is 1. The lowest BCUT2D eigenvalue weighted by Gasteiger charge is -2.23. The molecule has 1 spiro atoms. The van der Waals surface area contributed by atoms with Gasteiger partial charge in [-0.3, -0.25) is 14.7 Å². The van der Waals surface area contributed by atoms with E-state index in [2.05, 4.69) is 25.6 Å². The molecule has 7 heteroatoms. The van der Waals surface area contributed by atoms with Crippen LogP contribution in [0.25, 0.3) is 22.5 Å². The summed E-state index contributed by atoms with van der Waals surface area (Å²) < 4.78 is 34.0. The highest BCUT2D eigenvalue weighted by Crippen LogP contribution is 2.40. The second-order valence-electron chi connectivity index (χ2n) is 8.06. The smallest absolute Gasteiger partial charge is 0.256 e. The van der Waals surface area contributed by atoms with Crippen LogP contribution in [0.5, 0.6) is 0 Å². The number of nitrogens with one attached hydrogen (secondary N) is 1. The minimum atomic E-state index is -2.04. The number of aromatic nitrogens is 4. The number of carbonyl (C=O) groups is 1. The Hall–Kier alpha value is -3.35. The fourth-order valence-corrected chi connectivity index (χ4v) is 4.26. The molecule has 1 aliphatic heterocycles. The minimum Gasteiger partial charge on any atom is -0.294 e. The predicted octanol–water partition coefficient (Wildman–Crippen LogP) is 4.78. The Morgan fingerprint density at radius 3 is 2.53 bits per heavy atom. The maximum Gasteiger partial charge on any atom is 0.256 e. The molecule has 2 heterocycles. The van der Waals surface area contributed by atoms with Gasteiger partial charge < -0.3 is 0 Å². The van der Waals surface area contributed by atoms with E-state index < -0.39 is 24.2 Å². The Morgan fingerprint density at radius 1 is 1.09 bits per heavy atom. The van der Waals surface area contributed by atoms with Crippen molar-refractivity contribution in [3.63, 3.8) is 0 Å². The van der Waals surface area contributed by atoms with Crippen LogP contribution in [-0.2, 0) is 11.3 Å². The highest BCUT2D eigenvalue weighted by molar-refractivity contribution is 6.08. The molecule has 5 rings (SSSR count). The summed E-state index contributed by atoms with van der Waals surface area (Å²) in [7, 11) is 0. The summed E-state index contributed by atoms with van der Waals surface area (Å²) in [5.41, 5.74) is 1.57. The molecule has 2 aromatic carbocycles. The highest BCUT2D eigenvalue weighted by atomic mass is 16.2. The van der Waals surface area contributed by atoms with Gasteiger partial charge in [0, 0.05) is 17.5 Å². The summed E-state index contributed by atoms with van der Waals surface area (Å²) in [6.07, 6.45) is -1.95. The minimum absolute atomic E-state index is 0.0291. The van der Waals surface area contributed by atoms with E-state index in [9.17, 15) is 4.79 Å². The summed E-state index contributed by atoms with van der Waals surface area (Å²) in [6, 6.07) is 15.5. The zero-order valence-corrected chi connectivity index (χ0v) is 18.0. The van der Waals surface area contributed by atoms with E-state index in [4.69, 9.17) is 5.48 Å². The first-order valence-electron chi connectivity index (χ1n) is 13.0. The number of nitrogens with zero attached hydrogens (tertiary/aromatic N) is 5. The second kappa shape index (κ2) is 8.65. The topological polar surface area (TPSA) is 87.1 Å². The lowest BCUT2D eigenvalue weighted by molar-refractivity contribution is -0.131. The van der Waals surface area contributed by atoms with Crippen LogP contribution < -0.4 is 0 Å². The van der Waals surface area contributed by atoms with E-state index in [1.807, 2.05) is 55.5 Å². The Kier molecular flexibility index (Phi) is 4.41. The first kappa shape index (κ1) is 16.3. The van der Waals surface area contributed by atoms with Crippen molar-refractivity contribution < 1.29 is 10.3 Å². The van der Waals surface area contributed by atoms with E-state index in [0.29, 0.717) is 18.1 Å². The van der Waals surface area contributed by atoms with Gasteiger partial charge in [-0.2, -0.15) is 5.21 Å². The molecule has 1 fully saturated rings. The number of carbonyl (C=O) groups excluding carboxylic acids is 1. The van der Waals surface area contributed by atoms with Crippen molar-refractivity contribution in [1.82, 2.24) is 25.5 Å². The summed E-state index contributed by atoms with van der Waals surface area (Å²) >= 11 is 0. The third-order valence-electron chi connectivity index (χ3n) is 5.92. The number of hydrogen-bond donors (Lipinski definition) is 1. The molecule has 1 saturated carbocycles. The van der Waals surface area contributed by atoms with Crippen LogP contribution in [0.15, 0.2) is 53.5 Å². The zero-order chi connectivity index (χ0) is 25.6. The van der Waals surface area contributed by atoms with Crippen molar-refractivity contribution in [2.75, 3.05) is 0 Å². The molecule has 164 valence electrons. The highest BCUT2D eigenvalue weighted by Gasteiger charge is 2.49.